The lowest BCUT2D eigenvalue weighted by atomic mass is 9.87. The molecule has 1 aromatic heterocycles. The number of benzene rings is 1. The summed E-state index contributed by atoms with van der Waals surface area (Å²) in [6, 6.07) is 11.5. The fraction of sp³-hybridized carbons (Fsp3) is 0.250. The number of anilines is 1. The Morgan fingerprint density at radius 2 is 1.80 bits per heavy atom. The molecular weight excluding hydrogens is 316 g/mol. The molecule has 1 aromatic carbocycles. The molecule has 0 radical (unpaired) electrons. The maximum Gasteiger partial charge on any atom is 0.275 e. The van der Waals surface area contributed by atoms with Crippen LogP contribution in [0.25, 0.3) is 0 Å². The molecule has 0 spiro atoms. The van der Waals surface area contributed by atoms with Crippen molar-refractivity contribution >= 4 is 27.5 Å². The molecule has 0 aliphatic rings. The second-order valence-electron chi connectivity index (χ2n) is 5.62. The van der Waals surface area contributed by atoms with Crippen molar-refractivity contribution in [2.24, 2.45) is 0 Å². The standard InChI is InChI=1S/C16H17BrN2O/c1-16(2,3)11-6-8-12(9-7-11)19-15(20)14-13(17)5-4-10-18-14/h4-10H,1-3H3,(H,19,20). The van der Waals surface area contributed by atoms with Gasteiger partial charge in [-0.25, -0.2) is 4.98 Å². The number of nitrogens with one attached hydrogen (secondary N) is 1. The quantitative estimate of drug-likeness (QED) is 0.885. The van der Waals surface area contributed by atoms with Crippen molar-refractivity contribution in [2.75, 3.05) is 5.32 Å². The summed E-state index contributed by atoms with van der Waals surface area (Å²) in [6.45, 7) is 6.47. The van der Waals surface area contributed by atoms with Crippen LogP contribution in [-0.4, -0.2) is 10.9 Å². The molecule has 2 aromatic rings. The van der Waals surface area contributed by atoms with E-state index >= 15 is 0 Å². The van der Waals surface area contributed by atoms with Gasteiger partial charge in [0.25, 0.3) is 5.91 Å². The molecule has 0 aliphatic heterocycles. The van der Waals surface area contributed by atoms with Gasteiger partial charge in [0.05, 0.1) is 0 Å². The molecule has 1 heterocycles. The van der Waals surface area contributed by atoms with Gasteiger partial charge in [0, 0.05) is 16.4 Å². The minimum Gasteiger partial charge on any atom is -0.321 e. The van der Waals surface area contributed by atoms with E-state index in [1.807, 2.05) is 24.3 Å². The van der Waals surface area contributed by atoms with E-state index in [9.17, 15) is 4.79 Å². The van der Waals surface area contributed by atoms with E-state index in [-0.39, 0.29) is 11.3 Å². The maximum atomic E-state index is 12.1. The second-order valence-corrected chi connectivity index (χ2v) is 6.47. The van der Waals surface area contributed by atoms with E-state index < -0.39 is 0 Å². The van der Waals surface area contributed by atoms with Gasteiger partial charge in [-0.15, -0.1) is 0 Å². The summed E-state index contributed by atoms with van der Waals surface area (Å²) < 4.78 is 0.684. The van der Waals surface area contributed by atoms with Gasteiger partial charge in [-0.3, -0.25) is 4.79 Å². The highest BCUT2D eigenvalue weighted by Gasteiger charge is 2.14. The Balaban J connectivity index is 2.15. The zero-order valence-electron chi connectivity index (χ0n) is 11.8. The fourth-order valence-electron chi connectivity index (χ4n) is 1.80. The van der Waals surface area contributed by atoms with E-state index in [2.05, 4.69) is 47.0 Å². The number of halogens is 1. The Morgan fingerprint density at radius 1 is 1.15 bits per heavy atom. The molecule has 0 fully saturated rings. The van der Waals surface area contributed by atoms with Crippen LogP contribution in [0.3, 0.4) is 0 Å². The second kappa shape index (κ2) is 5.75. The van der Waals surface area contributed by atoms with E-state index in [4.69, 9.17) is 0 Å². The number of nitrogens with zero attached hydrogens (tertiary/aromatic N) is 1. The lowest BCUT2D eigenvalue weighted by molar-refractivity contribution is 0.102. The summed E-state index contributed by atoms with van der Waals surface area (Å²) in [5, 5.41) is 2.85. The van der Waals surface area contributed by atoms with Gasteiger partial charge < -0.3 is 5.32 Å². The van der Waals surface area contributed by atoms with Crippen molar-refractivity contribution in [2.45, 2.75) is 26.2 Å². The van der Waals surface area contributed by atoms with Crippen LogP contribution in [0.15, 0.2) is 47.1 Å². The maximum absolute atomic E-state index is 12.1. The van der Waals surface area contributed by atoms with Crippen molar-refractivity contribution in [1.82, 2.24) is 4.98 Å². The van der Waals surface area contributed by atoms with Crippen LogP contribution < -0.4 is 5.32 Å². The molecule has 0 unspecified atom stereocenters. The summed E-state index contributed by atoms with van der Waals surface area (Å²) in [4.78, 5) is 16.2. The predicted molar refractivity (Wildman–Crippen MR) is 85.0 cm³/mol. The van der Waals surface area contributed by atoms with Crippen LogP contribution in [0.1, 0.15) is 36.8 Å². The highest BCUT2D eigenvalue weighted by atomic mass is 79.9. The number of hydrogen-bond acceptors (Lipinski definition) is 2. The third kappa shape index (κ3) is 3.45. The lowest BCUT2D eigenvalue weighted by Crippen LogP contribution is -2.15. The Hall–Kier alpha value is -1.68. The summed E-state index contributed by atoms with van der Waals surface area (Å²) in [6.07, 6.45) is 1.60. The van der Waals surface area contributed by atoms with Gasteiger partial charge in [-0.1, -0.05) is 32.9 Å². The molecule has 4 heteroatoms. The number of carbonyl (C=O) groups excluding carboxylic acids is 1. The third-order valence-electron chi connectivity index (χ3n) is 2.98. The van der Waals surface area contributed by atoms with Crippen molar-refractivity contribution in [3.8, 4) is 0 Å². The molecule has 3 nitrogen and oxygen atoms in total. The van der Waals surface area contributed by atoms with Crippen LogP contribution in [0.4, 0.5) is 5.69 Å². The normalized spacial score (nSPS) is 11.2. The number of aromatic nitrogens is 1. The Morgan fingerprint density at radius 3 is 2.35 bits per heavy atom. The number of amides is 1. The molecule has 104 valence electrons. The number of pyridine rings is 1. The predicted octanol–water partition coefficient (Wildman–Crippen LogP) is 4.39. The Bertz CT molecular complexity index is 615. The van der Waals surface area contributed by atoms with E-state index in [0.717, 1.165) is 5.69 Å². The minimum atomic E-state index is -0.221. The van der Waals surface area contributed by atoms with Crippen LogP contribution in [-0.2, 0) is 5.41 Å². The molecule has 1 N–H and O–H groups in total. The minimum absolute atomic E-state index is 0.104. The monoisotopic (exact) mass is 332 g/mol. The van der Waals surface area contributed by atoms with Gasteiger partial charge in [0.1, 0.15) is 5.69 Å². The fourth-order valence-corrected chi connectivity index (χ4v) is 2.23. The first-order chi connectivity index (χ1) is 9.38. The zero-order valence-corrected chi connectivity index (χ0v) is 13.4. The van der Waals surface area contributed by atoms with Gasteiger partial charge in [-0.2, -0.15) is 0 Å². The van der Waals surface area contributed by atoms with Gasteiger partial charge in [-0.05, 0) is 51.2 Å². The molecule has 0 aliphatic carbocycles. The molecule has 0 bridgehead atoms. The van der Waals surface area contributed by atoms with Crippen molar-refractivity contribution in [3.63, 3.8) is 0 Å². The summed E-state index contributed by atoms with van der Waals surface area (Å²) in [5.41, 5.74) is 2.48. The molecule has 0 atom stereocenters. The highest BCUT2D eigenvalue weighted by molar-refractivity contribution is 9.10. The number of carbonyl (C=O) groups is 1. The van der Waals surface area contributed by atoms with Crippen molar-refractivity contribution < 1.29 is 4.79 Å². The molecule has 20 heavy (non-hydrogen) atoms. The summed E-state index contributed by atoms with van der Waals surface area (Å²) in [5.74, 6) is -0.221. The topological polar surface area (TPSA) is 42.0 Å². The largest absolute Gasteiger partial charge is 0.321 e. The third-order valence-corrected chi connectivity index (χ3v) is 3.62. The van der Waals surface area contributed by atoms with Gasteiger partial charge in [0.15, 0.2) is 0 Å². The Kier molecular flexibility index (Phi) is 4.23. The van der Waals surface area contributed by atoms with Gasteiger partial charge in [0.2, 0.25) is 0 Å². The first-order valence-electron chi connectivity index (χ1n) is 6.40. The summed E-state index contributed by atoms with van der Waals surface area (Å²) in [7, 11) is 0. The zero-order chi connectivity index (χ0) is 14.8. The molecule has 2 rings (SSSR count). The first kappa shape index (κ1) is 14.7. The molecule has 0 saturated heterocycles. The highest BCUT2D eigenvalue weighted by Crippen LogP contribution is 2.24. The average molecular weight is 333 g/mol. The van der Waals surface area contributed by atoms with Crippen LogP contribution in [0.5, 0.6) is 0 Å². The average Bonchev–Trinajstić information content (AvgIpc) is 2.38. The SMILES string of the molecule is CC(C)(C)c1ccc(NC(=O)c2ncccc2Br)cc1. The van der Waals surface area contributed by atoms with E-state index in [0.29, 0.717) is 10.2 Å². The molecular formula is C16H17BrN2O. The summed E-state index contributed by atoms with van der Waals surface area (Å²) >= 11 is 3.32. The van der Waals surface area contributed by atoms with Crippen LogP contribution >= 0.6 is 15.9 Å². The van der Waals surface area contributed by atoms with Crippen molar-refractivity contribution in [3.05, 3.63) is 58.3 Å². The number of hydrogen-bond donors (Lipinski definition) is 1. The molecule has 0 saturated carbocycles. The lowest BCUT2D eigenvalue weighted by Gasteiger charge is -2.19. The van der Waals surface area contributed by atoms with Crippen molar-refractivity contribution in [1.29, 1.82) is 0 Å². The van der Waals surface area contributed by atoms with Crippen LogP contribution in [0, 0.1) is 0 Å². The van der Waals surface area contributed by atoms with E-state index in [1.54, 1.807) is 18.3 Å². The Labute approximate surface area is 127 Å². The smallest absolute Gasteiger partial charge is 0.275 e. The van der Waals surface area contributed by atoms with E-state index in [1.165, 1.54) is 5.56 Å². The van der Waals surface area contributed by atoms with Crippen LogP contribution in [0.2, 0.25) is 0 Å². The number of rotatable bonds is 2. The van der Waals surface area contributed by atoms with Gasteiger partial charge >= 0.3 is 0 Å². The molecule has 1 amide bonds. The first-order valence-corrected chi connectivity index (χ1v) is 7.19.